The summed E-state index contributed by atoms with van der Waals surface area (Å²) in [7, 11) is 0. The molecule has 1 saturated heterocycles. The Kier molecular flexibility index (Phi) is 6.54. The fourth-order valence-corrected chi connectivity index (χ4v) is 4.02. The summed E-state index contributed by atoms with van der Waals surface area (Å²) in [5, 5.41) is 0. The zero-order valence-electron chi connectivity index (χ0n) is 14.6. The highest BCUT2D eigenvalue weighted by Crippen LogP contribution is 2.29. The smallest absolute Gasteiger partial charge is 0.227 e. The number of carbonyl (C=O) groups is 1. The van der Waals surface area contributed by atoms with Crippen LogP contribution in [-0.4, -0.2) is 35.5 Å². The van der Waals surface area contributed by atoms with E-state index in [1.54, 1.807) is 11.8 Å². The van der Waals surface area contributed by atoms with Gasteiger partial charge in [0, 0.05) is 18.2 Å². The molecule has 2 unspecified atom stereocenters. The molecule has 1 fully saturated rings. The van der Waals surface area contributed by atoms with Gasteiger partial charge >= 0.3 is 0 Å². The molecular formula is C21H25NO2S. The first-order valence-corrected chi connectivity index (χ1v) is 10.1. The molecule has 0 spiro atoms. The van der Waals surface area contributed by atoms with Gasteiger partial charge in [0.1, 0.15) is 0 Å². The molecule has 3 nitrogen and oxygen atoms in total. The minimum absolute atomic E-state index is 0.115. The van der Waals surface area contributed by atoms with E-state index in [4.69, 9.17) is 4.74 Å². The van der Waals surface area contributed by atoms with Crippen molar-refractivity contribution in [2.24, 2.45) is 5.92 Å². The van der Waals surface area contributed by atoms with Gasteiger partial charge in [-0.3, -0.25) is 4.79 Å². The Balaban J connectivity index is 1.62. The SMILES string of the molecule is CSCC1CC(COCc2ccccc2)N(Cc2ccccc2)C1=O. The van der Waals surface area contributed by atoms with Crippen LogP contribution in [0, 0.1) is 5.92 Å². The third-order valence-electron chi connectivity index (χ3n) is 4.62. The van der Waals surface area contributed by atoms with Crippen LogP contribution in [0.1, 0.15) is 17.5 Å². The van der Waals surface area contributed by atoms with Crippen molar-refractivity contribution < 1.29 is 9.53 Å². The zero-order valence-corrected chi connectivity index (χ0v) is 15.5. The van der Waals surface area contributed by atoms with Crippen LogP contribution in [0.15, 0.2) is 60.7 Å². The number of carbonyl (C=O) groups excluding carboxylic acids is 1. The normalized spacial score (nSPS) is 20.2. The summed E-state index contributed by atoms with van der Waals surface area (Å²) in [6, 6.07) is 20.6. The summed E-state index contributed by atoms with van der Waals surface area (Å²) < 4.78 is 5.95. The maximum Gasteiger partial charge on any atom is 0.227 e. The van der Waals surface area contributed by atoms with Gasteiger partial charge in [-0.1, -0.05) is 60.7 Å². The van der Waals surface area contributed by atoms with Crippen molar-refractivity contribution in [1.29, 1.82) is 0 Å². The molecular weight excluding hydrogens is 330 g/mol. The minimum Gasteiger partial charge on any atom is -0.375 e. The molecule has 2 aromatic carbocycles. The molecule has 1 amide bonds. The van der Waals surface area contributed by atoms with Gasteiger partial charge in [-0.25, -0.2) is 0 Å². The molecule has 0 saturated carbocycles. The predicted octanol–water partition coefficient (Wildman–Crippen LogP) is 3.98. The summed E-state index contributed by atoms with van der Waals surface area (Å²) in [6.07, 6.45) is 2.95. The molecule has 25 heavy (non-hydrogen) atoms. The Labute approximate surface area is 154 Å². The van der Waals surface area contributed by atoms with Crippen LogP contribution < -0.4 is 0 Å². The van der Waals surface area contributed by atoms with Crippen molar-refractivity contribution >= 4 is 17.7 Å². The number of hydrogen-bond donors (Lipinski definition) is 0. The van der Waals surface area contributed by atoms with Crippen molar-refractivity contribution in [2.75, 3.05) is 18.6 Å². The molecule has 2 atom stereocenters. The molecule has 0 N–H and O–H groups in total. The molecule has 132 valence electrons. The van der Waals surface area contributed by atoms with E-state index in [1.165, 1.54) is 11.1 Å². The van der Waals surface area contributed by atoms with E-state index < -0.39 is 0 Å². The van der Waals surface area contributed by atoms with Crippen LogP contribution in [0.25, 0.3) is 0 Å². The molecule has 1 aliphatic rings. The van der Waals surface area contributed by atoms with E-state index in [-0.39, 0.29) is 17.9 Å². The monoisotopic (exact) mass is 355 g/mol. The van der Waals surface area contributed by atoms with Gasteiger partial charge in [0.15, 0.2) is 0 Å². The molecule has 0 bridgehead atoms. The van der Waals surface area contributed by atoms with Crippen LogP contribution in [-0.2, 0) is 22.7 Å². The highest BCUT2D eigenvalue weighted by Gasteiger charge is 2.38. The average Bonchev–Trinajstić information content (AvgIpc) is 2.93. The van der Waals surface area contributed by atoms with Crippen LogP contribution in [0.4, 0.5) is 0 Å². The van der Waals surface area contributed by atoms with Crippen molar-refractivity contribution in [3.05, 3.63) is 71.8 Å². The third-order valence-corrected chi connectivity index (χ3v) is 5.35. The number of nitrogens with zero attached hydrogens (tertiary/aromatic N) is 1. The molecule has 0 radical (unpaired) electrons. The van der Waals surface area contributed by atoms with Crippen molar-refractivity contribution in [1.82, 2.24) is 4.90 Å². The van der Waals surface area contributed by atoms with Crippen LogP contribution in [0.5, 0.6) is 0 Å². The first-order chi connectivity index (χ1) is 12.3. The second kappa shape index (κ2) is 9.07. The Morgan fingerprint density at radius 2 is 1.68 bits per heavy atom. The molecule has 0 aromatic heterocycles. The maximum absolute atomic E-state index is 12.8. The quantitative estimate of drug-likeness (QED) is 0.717. The number of likely N-dealkylation sites (tertiary alicyclic amines) is 1. The first kappa shape index (κ1) is 18.0. The van der Waals surface area contributed by atoms with E-state index in [2.05, 4.69) is 30.5 Å². The van der Waals surface area contributed by atoms with Gasteiger partial charge in [-0.2, -0.15) is 11.8 Å². The number of amides is 1. The number of hydrogen-bond acceptors (Lipinski definition) is 3. The van der Waals surface area contributed by atoms with Crippen LogP contribution >= 0.6 is 11.8 Å². The number of benzene rings is 2. The van der Waals surface area contributed by atoms with Gasteiger partial charge in [-0.05, 0) is 23.8 Å². The topological polar surface area (TPSA) is 29.5 Å². The lowest BCUT2D eigenvalue weighted by Crippen LogP contribution is -2.36. The number of thioether (sulfide) groups is 1. The Morgan fingerprint density at radius 3 is 2.32 bits per heavy atom. The van der Waals surface area contributed by atoms with Gasteiger partial charge in [-0.15, -0.1) is 0 Å². The van der Waals surface area contributed by atoms with Crippen LogP contribution in [0.3, 0.4) is 0 Å². The van der Waals surface area contributed by atoms with Gasteiger partial charge in [0.05, 0.1) is 19.3 Å². The lowest BCUT2D eigenvalue weighted by Gasteiger charge is -2.25. The first-order valence-electron chi connectivity index (χ1n) is 8.73. The molecule has 1 aliphatic heterocycles. The maximum atomic E-state index is 12.8. The lowest BCUT2D eigenvalue weighted by molar-refractivity contribution is -0.132. The molecule has 0 aliphatic carbocycles. The van der Waals surface area contributed by atoms with Crippen molar-refractivity contribution in [2.45, 2.75) is 25.6 Å². The van der Waals surface area contributed by atoms with E-state index >= 15 is 0 Å². The number of ether oxygens (including phenoxy) is 1. The highest BCUT2D eigenvalue weighted by molar-refractivity contribution is 7.98. The van der Waals surface area contributed by atoms with E-state index in [0.717, 1.165) is 12.2 Å². The minimum atomic E-state index is 0.115. The third kappa shape index (κ3) is 4.86. The summed E-state index contributed by atoms with van der Waals surface area (Å²) in [4.78, 5) is 14.8. The van der Waals surface area contributed by atoms with E-state index in [1.807, 2.05) is 41.3 Å². The summed E-state index contributed by atoms with van der Waals surface area (Å²) >= 11 is 1.75. The van der Waals surface area contributed by atoms with Gasteiger partial charge in [0.25, 0.3) is 0 Å². The summed E-state index contributed by atoms with van der Waals surface area (Å²) in [5.74, 6) is 1.27. The lowest BCUT2D eigenvalue weighted by atomic mass is 10.1. The Morgan fingerprint density at radius 1 is 1.04 bits per heavy atom. The van der Waals surface area contributed by atoms with Crippen LogP contribution in [0.2, 0.25) is 0 Å². The molecule has 2 aromatic rings. The second-order valence-corrected chi connectivity index (χ2v) is 7.40. The standard InChI is InChI=1S/C21H25NO2S/c1-25-16-19-12-20(15-24-14-18-10-6-3-7-11-18)22(21(19)23)13-17-8-4-2-5-9-17/h2-11,19-20H,12-16H2,1H3. The summed E-state index contributed by atoms with van der Waals surface area (Å²) in [6.45, 7) is 1.86. The molecule has 3 rings (SSSR count). The van der Waals surface area contributed by atoms with E-state index in [9.17, 15) is 4.79 Å². The van der Waals surface area contributed by atoms with E-state index in [0.29, 0.717) is 19.8 Å². The fraction of sp³-hybridized carbons (Fsp3) is 0.381. The van der Waals surface area contributed by atoms with Crippen molar-refractivity contribution in [3.63, 3.8) is 0 Å². The summed E-state index contributed by atoms with van der Waals surface area (Å²) in [5.41, 5.74) is 2.34. The fourth-order valence-electron chi connectivity index (χ4n) is 3.34. The van der Waals surface area contributed by atoms with Crippen molar-refractivity contribution in [3.8, 4) is 0 Å². The van der Waals surface area contributed by atoms with Gasteiger partial charge in [0.2, 0.25) is 5.91 Å². The number of rotatable bonds is 8. The predicted molar refractivity (Wildman–Crippen MR) is 103 cm³/mol. The second-order valence-electron chi connectivity index (χ2n) is 6.49. The van der Waals surface area contributed by atoms with Gasteiger partial charge < -0.3 is 9.64 Å². The Bertz CT molecular complexity index is 662. The largest absolute Gasteiger partial charge is 0.375 e. The molecule has 4 heteroatoms. The average molecular weight is 356 g/mol. The highest BCUT2D eigenvalue weighted by atomic mass is 32.2. The zero-order chi connectivity index (χ0) is 17.5. The Hall–Kier alpha value is -1.78. The molecule has 1 heterocycles.